The largest absolute Gasteiger partial charge is 0.331 e. The molecule has 0 aliphatic heterocycles. The molecule has 0 unspecified atom stereocenters. The van der Waals surface area contributed by atoms with E-state index in [1.54, 1.807) is 0 Å². The molecule has 0 radical (unpaired) electrons. The van der Waals surface area contributed by atoms with Crippen LogP contribution in [0.15, 0.2) is 29.6 Å². The summed E-state index contributed by atoms with van der Waals surface area (Å²) < 4.78 is 0. The number of hydrogen-bond acceptors (Lipinski definition) is 4. The SMILES string of the molecule is CCc1ccccc1NC(=S)NNc1nc(C)cs1. The first-order valence-corrected chi connectivity index (χ1v) is 7.31. The fourth-order valence-electron chi connectivity index (χ4n) is 1.63. The summed E-state index contributed by atoms with van der Waals surface area (Å²) in [5.41, 5.74) is 9.16. The summed E-state index contributed by atoms with van der Waals surface area (Å²) in [5.74, 6) is 0. The number of hydrazine groups is 1. The second-order valence-electron chi connectivity index (χ2n) is 4.01. The van der Waals surface area contributed by atoms with Gasteiger partial charge in [0.05, 0.1) is 5.69 Å². The highest BCUT2D eigenvalue weighted by Crippen LogP contribution is 2.15. The maximum atomic E-state index is 5.24. The van der Waals surface area contributed by atoms with E-state index in [2.05, 4.69) is 34.1 Å². The average Bonchev–Trinajstić information content (AvgIpc) is 2.83. The van der Waals surface area contributed by atoms with Gasteiger partial charge in [0.1, 0.15) is 0 Å². The number of hydrogen-bond donors (Lipinski definition) is 3. The summed E-state index contributed by atoms with van der Waals surface area (Å²) in [4.78, 5) is 4.28. The van der Waals surface area contributed by atoms with Crippen molar-refractivity contribution in [3.8, 4) is 0 Å². The van der Waals surface area contributed by atoms with E-state index in [-0.39, 0.29) is 0 Å². The van der Waals surface area contributed by atoms with Crippen LogP contribution in [-0.4, -0.2) is 10.1 Å². The lowest BCUT2D eigenvalue weighted by Crippen LogP contribution is -2.33. The smallest absolute Gasteiger partial charge is 0.201 e. The summed E-state index contributed by atoms with van der Waals surface area (Å²) in [6, 6.07) is 8.11. The van der Waals surface area contributed by atoms with Crippen LogP contribution < -0.4 is 16.2 Å². The highest BCUT2D eigenvalue weighted by Gasteiger charge is 2.02. The van der Waals surface area contributed by atoms with Crippen molar-refractivity contribution in [1.29, 1.82) is 0 Å². The topological polar surface area (TPSA) is 49.0 Å². The zero-order valence-electron chi connectivity index (χ0n) is 10.9. The van der Waals surface area contributed by atoms with Crippen LogP contribution in [0.4, 0.5) is 10.8 Å². The van der Waals surface area contributed by atoms with Gasteiger partial charge in [0.2, 0.25) is 5.13 Å². The molecule has 0 spiro atoms. The number of nitrogens with zero attached hydrogens (tertiary/aromatic N) is 1. The van der Waals surface area contributed by atoms with Gasteiger partial charge < -0.3 is 5.32 Å². The highest BCUT2D eigenvalue weighted by molar-refractivity contribution is 7.80. The second-order valence-corrected chi connectivity index (χ2v) is 5.28. The molecule has 3 N–H and O–H groups in total. The Morgan fingerprint density at radius 1 is 1.37 bits per heavy atom. The van der Waals surface area contributed by atoms with Crippen LogP contribution in [0.1, 0.15) is 18.2 Å². The van der Waals surface area contributed by atoms with Crippen molar-refractivity contribution < 1.29 is 0 Å². The van der Waals surface area contributed by atoms with Gasteiger partial charge in [-0.2, -0.15) is 0 Å². The fourth-order valence-corrected chi connectivity index (χ4v) is 2.43. The Balaban J connectivity index is 1.90. The minimum Gasteiger partial charge on any atom is -0.331 e. The van der Waals surface area contributed by atoms with Crippen LogP contribution in [0, 0.1) is 6.92 Å². The van der Waals surface area contributed by atoms with Crippen LogP contribution in [0.25, 0.3) is 0 Å². The molecule has 0 bridgehead atoms. The first-order valence-electron chi connectivity index (χ1n) is 6.02. The predicted octanol–water partition coefficient (Wildman–Crippen LogP) is 3.33. The van der Waals surface area contributed by atoms with Gasteiger partial charge in [0, 0.05) is 11.1 Å². The van der Waals surface area contributed by atoms with Crippen LogP contribution in [0.2, 0.25) is 0 Å². The lowest BCUT2D eigenvalue weighted by atomic mass is 10.1. The molecule has 4 nitrogen and oxygen atoms in total. The van der Waals surface area contributed by atoms with E-state index in [0.717, 1.165) is 22.9 Å². The summed E-state index contributed by atoms with van der Waals surface area (Å²) in [5, 5.41) is 6.47. The van der Waals surface area contributed by atoms with Crippen LogP contribution >= 0.6 is 23.6 Å². The molecule has 0 amide bonds. The van der Waals surface area contributed by atoms with E-state index in [1.165, 1.54) is 16.9 Å². The zero-order chi connectivity index (χ0) is 13.7. The predicted molar refractivity (Wildman–Crippen MR) is 85.7 cm³/mol. The number of rotatable bonds is 4. The minimum absolute atomic E-state index is 0.522. The molecule has 19 heavy (non-hydrogen) atoms. The molecule has 0 saturated heterocycles. The number of aryl methyl sites for hydroxylation is 2. The van der Waals surface area contributed by atoms with Crippen molar-refractivity contribution in [2.75, 3.05) is 10.7 Å². The lowest BCUT2D eigenvalue weighted by molar-refractivity contribution is 1.10. The molecular formula is C13H16N4S2. The maximum Gasteiger partial charge on any atom is 0.201 e. The number of para-hydroxylation sites is 1. The fraction of sp³-hybridized carbons (Fsp3) is 0.231. The third-order valence-corrected chi connectivity index (χ3v) is 3.63. The van der Waals surface area contributed by atoms with Crippen molar-refractivity contribution in [3.05, 3.63) is 40.9 Å². The molecule has 0 aliphatic rings. The third kappa shape index (κ3) is 3.90. The van der Waals surface area contributed by atoms with Gasteiger partial charge >= 0.3 is 0 Å². The van der Waals surface area contributed by atoms with E-state index in [9.17, 15) is 0 Å². The standard InChI is InChI=1S/C13H16N4S2/c1-3-10-6-4-5-7-11(10)15-12(18)16-17-13-14-9(2)8-19-13/h4-8H,3H2,1-2H3,(H,14,17)(H2,15,16,18). The van der Waals surface area contributed by atoms with E-state index in [0.29, 0.717) is 5.11 Å². The Morgan fingerprint density at radius 3 is 2.84 bits per heavy atom. The van der Waals surface area contributed by atoms with Gasteiger partial charge in [0.15, 0.2) is 5.11 Å². The molecule has 1 aromatic carbocycles. The molecule has 2 rings (SSSR count). The van der Waals surface area contributed by atoms with Crippen molar-refractivity contribution in [2.45, 2.75) is 20.3 Å². The molecule has 0 aliphatic carbocycles. The Kier molecular flexibility index (Phi) is 4.70. The van der Waals surface area contributed by atoms with E-state index < -0.39 is 0 Å². The van der Waals surface area contributed by atoms with Crippen molar-refractivity contribution in [1.82, 2.24) is 10.4 Å². The number of thiocarbonyl (C=S) groups is 1. The molecule has 1 heterocycles. The average molecular weight is 292 g/mol. The monoisotopic (exact) mass is 292 g/mol. The highest BCUT2D eigenvalue weighted by atomic mass is 32.1. The number of anilines is 2. The molecule has 100 valence electrons. The van der Waals surface area contributed by atoms with Gasteiger partial charge in [-0.25, -0.2) is 4.98 Å². The Bertz CT molecular complexity index is 565. The van der Waals surface area contributed by atoms with Crippen LogP contribution in [-0.2, 0) is 6.42 Å². The van der Waals surface area contributed by atoms with E-state index in [4.69, 9.17) is 12.2 Å². The molecule has 0 atom stereocenters. The normalized spacial score (nSPS) is 10.0. The van der Waals surface area contributed by atoms with Crippen molar-refractivity contribution in [2.24, 2.45) is 0 Å². The number of aromatic nitrogens is 1. The first kappa shape index (κ1) is 13.8. The van der Waals surface area contributed by atoms with Gasteiger partial charge in [-0.05, 0) is 37.2 Å². The Hall–Kier alpha value is -1.66. The molecule has 0 saturated carbocycles. The minimum atomic E-state index is 0.522. The molecule has 0 fully saturated rings. The van der Waals surface area contributed by atoms with Crippen LogP contribution in [0.5, 0.6) is 0 Å². The van der Waals surface area contributed by atoms with E-state index in [1.807, 2.05) is 30.5 Å². The van der Waals surface area contributed by atoms with Gasteiger partial charge in [0.25, 0.3) is 0 Å². The molecule has 6 heteroatoms. The molecular weight excluding hydrogens is 276 g/mol. The lowest BCUT2D eigenvalue weighted by Gasteiger charge is -2.13. The number of benzene rings is 1. The molecule has 1 aromatic heterocycles. The Morgan fingerprint density at radius 2 is 2.16 bits per heavy atom. The van der Waals surface area contributed by atoms with Gasteiger partial charge in [-0.15, -0.1) is 11.3 Å². The summed E-state index contributed by atoms with van der Waals surface area (Å²) >= 11 is 6.77. The zero-order valence-corrected chi connectivity index (χ0v) is 12.5. The van der Waals surface area contributed by atoms with Crippen molar-refractivity contribution in [3.63, 3.8) is 0 Å². The van der Waals surface area contributed by atoms with Crippen molar-refractivity contribution >= 4 is 39.5 Å². The van der Waals surface area contributed by atoms with Gasteiger partial charge in [-0.1, -0.05) is 25.1 Å². The quantitative estimate of drug-likeness (QED) is 0.596. The summed E-state index contributed by atoms with van der Waals surface area (Å²) in [7, 11) is 0. The Labute approximate surface area is 122 Å². The third-order valence-electron chi connectivity index (χ3n) is 2.55. The number of thiazole rings is 1. The number of nitrogens with one attached hydrogen (secondary N) is 3. The van der Waals surface area contributed by atoms with Crippen LogP contribution in [0.3, 0.4) is 0 Å². The van der Waals surface area contributed by atoms with Gasteiger partial charge in [-0.3, -0.25) is 10.9 Å². The van der Waals surface area contributed by atoms with E-state index >= 15 is 0 Å². The summed E-state index contributed by atoms with van der Waals surface area (Å²) in [6.45, 7) is 4.07. The maximum absolute atomic E-state index is 5.24. The molecule has 2 aromatic rings. The summed E-state index contributed by atoms with van der Waals surface area (Å²) in [6.07, 6.45) is 0.963. The first-order chi connectivity index (χ1) is 9.19. The second kappa shape index (κ2) is 6.49.